The van der Waals surface area contributed by atoms with Gasteiger partial charge in [-0.2, -0.15) is 0 Å². The Morgan fingerprint density at radius 1 is 1.33 bits per heavy atom. The summed E-state index contributed by atoms with van der Waals surface area (Å²) in [6.45, 7) is 4.14. The first-order chi connectivity index (χ1) is 8.74. The molecule has 0 aliphatic heterocycles. The van der Waals surface area contributed by atoms with Crippen LogP contribution in [0, 0.1) is 6.92 Å². The Bertz CT molecular complexity index is 675. The van der Waals surface area contributed by atoms with Crippen LogP contribution < -0.4 is 5.32 Å². The summed E-state index contributed by atoms with van der Waals surface area (Å²) in [7, 11) is 0. The molecule has 1 N–H and O–H groups in total. The topological polar surface area (TPSA) is 50.7 Å². The molecule has 4 nitrogen and oxygen atoms in total. The molecule has 1 atom stereocenters. The molecule has 0 aliphatic rings. The van der Waals surface area contributed by atoms with Crippen molar-refractivity contribution in [1.82, 2.24) is 12.9 Å². The number of fused-ring (bicyclic) bond motifs is 1. The van der Waals surface area contributed by atoms with Gasteiger partial charge in [-0.15, -0.1) is 0 Å². The molecular weight excluding hydrogens is 311 g/mol. The third-order valence-corrected chi connectivity index (χ3v) is 4.67. The first kappa shape index (κ1) is 11.8. The maximum absolute atomic E-state index is 4.51. The summed E-state index contributed by atoms with van der Waals surface area (Å²) >= 11 is 1.69. The fourth-order valence-electron chi connectivity index (χ4n) is 1.81. The molecule has 0 aliphatic carbocycles. The van der Waals surface area contributed by atoms with E-state index in [-0.39, 0.29) is 21.0 Å². The molecule has 0 spiro atoms. The first-order valence-electron chi connectivity index (χ1n) is 5.64. The Kier molecular flexibility index (Phi) is 3.16. The molecule has 1 unspecified atom stereocenters. The monoisotopic (exact) mass is 324 g/mol. The third kappa shape index (κ3) is 2.19. The number of rotatable bonds is 3. The molecule has 2 aromatic heterocycles. The molecule has 3 aromatic rings. The van der Waals surface area contributed by atoms with Crippen LogP contribution in [0.2, 0.25) is 0 Å². The van der Waals surface area contributed by atoms with Gasteiger partial charge in [-0.3, -0.25) is 0 Å². The number of nitrogens with one attached hydrogen (secondary N) is 1. The van der Waals surface area contributed by atoms with Crippen molar-refractivity contribution in [3.8, 4) is 0 Å². The van der Waals surface area contributed by atoms with Crippen molar-refractivity contribution in [3.05, 3.63) is 34.3 Å². The van der Waals surface area contributed by atoms with E-state index in [1.165, 1.54) is 0 Å². The predicted octanol–water partition coefficient (Wildman–Crippen LogP) is 2.62. The molecular formula is C12H12N4SSe. The zero-order valence-corrected chi connectivity index (χ0v) is 12.6. The van der Waals surface area contributed by atoms with Gasteiger partial charge in [-0.05, 0) is 0 Å². The second-order valence-corrected chi connectivity index (χ2v) is 6.27. The molecule has 92 valence electrons. The van der Waals surface area contributed by atoms with Gasteiger partial charge in [0.2, 0.25) is 0 Å². The van der Waals surface area contributed by atoms with Gasteiger partial charge < -0.3 is 0 Å². The van der Waals surface area contributed by atoms with Gasteiger partial charge in [-0.1, -0.05) is 0 Å². The Morgan fingerprint density at radius 2 is 2.22 bits per heavy atom. The van der Waals surface area contributed by atoms with Gasteiger partial charge in [0.05, 0.1) is 0 Å². The summed E-state index contributed by atoms with van der Waals surface area (Å²) in [6.07, 6.45) is 0. The quantitative estimate of drug-likeness (QED) is 0.753. The zero-order valence-electron chi connectivity index (χ0n) is 10.0. The van der Waals surface area contributed by atoms with Crippen molar-refractivity contribution in [2.45, 2.75) is 19.9 Å². The van der Waals surface area contributed by atoms with E-state index in [0.29, 0.717) is 0 Å². The summed E-state index contributed by atoms with van der Waals surface area (Å²) < 4.78 is 8.85. The molecule has 18 heavy (non-hydrogen) atoms. The van der Waals surface area contributed by atoms with Crippen LogP contribution in [-0.4, -0.2) is 27.9 Å². The Balaban J connectivity index is 1.90. The Hall–Kier alpha value is -1.23. The van der Waals surface area contributed by atoms with E-state index >= 15 is 0 Å². The number of aromatic nitrogens is 3. The fourth-order valence-corrected chi connectivity index (χ4v) is 3.67. The van der Waals surface area contributed by atoms with Crippen molar-refractivity contribution in [2.24, 2.45) is 0 Å². The van der Waals surface area contributed by atoms with Crippen LogP contribution in [-0.2, 0) is 0 Å². The van der Waals surface area contributed by atoms with Gasteiger partial charge in [0.25, 0.3) is 0 Å². The van der Waals surface area contributed by atoms with Gasteiger partial charge in [-0.25, -0.2) is 0 Å². The van der Waals surface area contributed by atoms with E-state index in [9.17, 15) is 0 Å². The number of hydrogen-bond acceptors (Lipinski definition) is 5. The summed E-state index contributed by atoms with van der Waals surface area (Å²) in [5.41, 5.74) is 4.13. The molecule has 0 saturated heterocycles. The van der Waals surface area contributed by atoms with E-state index in [2.05, 4.69) is 36.6 Å². The summed E-state index contributed by atoms with van der Waals surface area (Å²) in [5.74, 6) is 0. The van der Waals surface area contributed by atoms with Gasteiger partial charge in [0.15, 0.2) is 0 Å². The molecule has 1 aromatic carbocycles. The SMILES string of the molecule is Cc1nc(C(C)Nc2cccc3n[se]nc23)cs1. The van der Waals surface area contributed by atoms with Gasteiger partial charge in [0.1, 0.15) is 0 Å². The third-order valence-electron chi connectivity index (χ3n) is 2.74. The van der Waals surface area contributed by atoms with Crippen LogP contribution in [0.25, 0.3) is 11.0 Å². The number of hydrogen-bond donors (Lipinski definition) is 1. The molecule has 2 heterocycles. The van der Waals surface area contributed by atoms with Crippen LogP contribution >= 0.6 is 11.3 Å². The van der Waals surface area contributed by atoms with Crippen molar-refractivity contribution < 1.29 is 0 Å². The Morgan fingerprint density at radius 3 is 3.00 bits per heavy atom. The average molecular weight is 323 g/mol. The Labute approximate surface area is 115 Å². The van der Waals surface area contributed by atoms with Crippen LogP contribution in [0.3, 0.4) is 0 Å². The van der Waals surface area contributed by atoms with Crippen molar-refractivity contribution >= 4 is 43.0 Å². The molecule has 0 bridgehead atoms. The van der Waals surface area contributed by atoms with E-state index in [0.717, 1.165) is 27.4 Å². The zero-order chi connectivity index (χ0) is 12.5. The second kappa shape index (κ2) is 4.80. The number of anilines is 1. The molecule has 3 rings (SSSR count). The molecule has 0 amide bonds. The average Bonchev–Trinajstić information content (AvgIpc) is 2.97. The second-order valence-electron chi connectivity index (χ2n) is 4.09. The van der Waals surface area contributed by atoms with Crippen LogP contribution in [0.15, 0.2) is 23.6 Å². The van der Waals surface area contributed by atoms with Crippen LogP contribution in [0.4, 0.5) is 5.69 Å². The molecule has 0 radical (unpaired) electrons. The van der Waals surface area contributed by atoms with E-state index in [4.69, 9.17) is 0 Å². The molecule has 0 fully saturated rings. The van der Waals surface area contributed by atoms with Crippen LogP contribution in [0.5, 0.6) is 0 Å². The predicted molar refractivity (Wildman–Crippen MR) is 75.4 cm³/mol. The van der Waals surface area contributed by atoms with Gasteiger partial charge >= 0.3 is 115 Å². The minimum atomic E-state index is 0.0145. The van der Waals surface area contributed by atoms with Crippen molar-refractivity contribution in [2.75, 3.05) is 5.32 Å². The summed E-state index contributed by atoms with van der Waals surface area (Å²) in [5, 5.41) is 6.67. The van der Waals surface area contributed by atoms with Gasteiger partial charge in [0, 0.05) is 0 Å². The number of thiazole rings is 1. The fraction of sp³-hybridized carbons (Fsp3) is 0.250. The van der Waals surface area contributed by atoms with Crippen LogP contribution in [0.1, 0.15) is 23.7 Å². The molecule has 6 heteroatoms. The van der Waals surface area contributed by atoms with E-state index in [1.807, 2.05) is 19.1 Å². The summed E-state index contributed by atoms with van der Waals surface area (Å²) in [4.78, 5) is 4.51. The normalized spacial score (nSPS) is 12.8. The minimum absolute atomic E-state index is 0.0145. The van der Waals surface area contributed by atoms with Crippen molar-refractivity contribution in [3.63, 3.8) is 0 Å². The number of aryl methyl sites for hydroxylation is 1. The first-order valence-corrected chi connectivity index (χ1v) is 8.05. The van der Waals surface area contributed by atoms with Crippen molar-refractivity contribution in [1.29, 1.82) is 0 Å². The van der Waals surface area contributed by atoms with E-state index in [1.54, 1.807) is 11.3 Å². The standard InChI is InChI=1S/C12H12N4SSe/c1-7(11-6-17-8(2)14-11)13-9-4-3-5-10-12(9)16-18-15-10/h3-7,13H,1-2H3. The summed E-state index contributed by atoms with van der Waals surface area (Å²) in [6, 6.07) is 6.26. The number of benzene rings is 1. The maximum atomic E-state index is 4.51. The van der Waals surface area contributed by atoms with E-state index < -0.39 is 0 Å². The molecule has 0 saturated carbocycles. The number of nitrogens with zero attached hydrogens (tertiary/aromatic N) is 3.